The molecule has 0 fully saturated rings. The predicted molar refractivity (Wildman–Crippen MR) is 47.4 cm³/mol. The van der Waals surface area contributed by atoms with Crippen molar-refractivity contribution in [3.05, 3.63) is 29.7 Å². The fraction of sp³-hybridized carbons (Fsp3) is 0.111. The summed E-state index contributed by atoms with van der Waals surface area (Å²) in [5, 5.41) is 15.6. The van der Waals surface area contributed by atoms with Crippen molar-refractivity contribution in [3.8, 4) is 0 Å². The Morgan fingerprint density at radius 3 is 3.07 bits per heavy atom. The molecule has 4 nitrogen and oxygen atoms in total. The highest BCUT2D eigenvalue weighted by Crippen LogP contribution is 2.17. The molecule has 0 spiro atoms. The minimum Gasteiger partial charge on any atom is -0.481 e. The lowest BCUT2D eigenvalue weighted by Gasteiger charge is -1.99. The summed E-state index contributed by atoms with van der Waals surface area (Å²) in [6, 6.07) is 2.74. The number of nitrogens with one attached hydrogen (secondary N) is 1. The molecule has 5 heteroatoms. The van der Waals surface area contributed by atoms with E-state index in [-0.39, 0.29) is 12.0 Å². The van der Waals surface area contributed by atoms with Crippen LogP contribution >= 0.6 is 0 Å². The Bertz CT molecular complexity index is 493. The smallest absolute Gasteiger partial charge is 0.307 e. The summed E-state index contributed by atoms with van der Waals surface area (Å²) in [4.78, 5) is 10.4. The van der Waals surface area contributed by atoms with Gasteiger partial charge in [-0.3, -0.25) is 9.89 Å². The molecule has 2 N–H and O–H groups in total. The molecule has 0 amide bonds. The van der Waals surface area contributed by atoms with Gasteiger partial charge < -0.3 is 5.11 Å². The van der Waals surface area contributed by atoms with E-state index in [9.17, 15) is 9.18 Å². The highest BCUT2D eigenvalue weighted by atomic mass is 19.1. The zero-order valence-electron chi connectivity index (χ0n) is 7.12. The Balaban J connectivity index is 2.53. The van der Waals surface area contributed by atoms with E-state index in [4.69, 9.17) is 5.11 Å². The van der Waals surface area contributed by atoms with E-state index >= 15 is 0 Å². The monoisotopic (exact) mass is 194 g/mol. The van der Waals surface area contributed by atoms with Gasteiger partial charge >= 0.3 is 5.97 Å². The fourth-order valence-corrected chi connectivity index (χ4v) is 1.31. The van der Waals surface area contributed by atoms with Crippen LogP contribution in [0.5, 0.6) is 0 Å². The van der Waals surface area contributed by atoms with Crippen LogP contribution in [0.2, 0.25) is 0 Å². The summed E-state index contributed by atoms with van der Waals surface area (Å²) in [7, 11) is 0. The molecule has 0 radical (unpaired) electrons. The summed E-state index contributed by atoms with van der Waals surface area (Å²) < 4.78 is 13.2. The average molecular weight is 194 g/mol. The number of fused-ring (bicyclic) bond motifs is 1. The summed E-state index contributed by atoms with van der Waals surface area (Å²) in [6.45, 7) is 0. The van der Waals surface area contributed by atoms with Crippen LogP contribution in [0, 0.1) is 5.82 Å². The van der Waals surface area contributed by atoms with Crippen molar-refractivity contribution < 1.29 is 14.3 Å². The number of carboxylic acids is 1. The zero-order chi connectivity index (χ0) is 10.1. The lowest BCUT2D eigenvalue weighted by Crippen LogP contribution is -2.02. The van der Waals surface area contributed by atoms with Crippen molar-refractivity contribution in [1.82, 2.24) is 10.2 Å². The lowest BCUT2D eigenvalue weighted by atomic mass is 10.1. The van der Waals surface area contributed by atoms with E-state index in [1.54, 1.807) is 0 Å². The normalized spacial score (nSPS) is 10.6. The number of hydrogen-bond donors (Lipinski definition) is 2. The third-order valence-corrected chi connectivity index (χ3v) is 1.95. The van der Waals surface area contributed by atoms with Crippen LogP contribution in [0.15, 0.2) is 18.3 Å². The van der Waals surface area contributed by atoms with Crippen molar-refractivity contribution in [2.24, 2.45) is 0 Å². The van der Waals surface area contributed by atoms with Gasteiger partial charge in [0.2, 0.25) is 0 Å². The molecule has 2 rings (SSSR count). The molecule has 0 aliphatic carbocycles. The van der Waals surface area contributed by atoms with Crippen molar-refractivity contribution in [2.45, 2.75) is 6.42 Å². The first-order valence-corrected chi connectivity index (χ1v) is 4.00. The maximum atomic E-state index is 13.2. The maximum Gasteiger partial charge on any atom is 0.307 e. The Hall–Kier alpha value is -1.91. The molecular formula is C9H7FN2O2. The Morgan fingerprint density at radius 1 is 1.57 bits per heavy atom. The number of H-pyrrole nitrogens is 1. The van der Waals surface area contributed by atoms with Gasteiger partial charge in [0.15, 0.2) is 0 Å². The highest BCUT2D eigenvalue weighted by Gasteiger charge is 2.09. The summed E-state index contributed by atoms with van der Waals surface area (Å²) in [6.07, 6.45) is 1.22. The minimum absolute atomic E-state index is 0.173. The quantitative estimate of drug-likeness (QED) is 0.757. The van der Waals surface area contributed by atoms with Gasteiger partial charge in [0.25, 0.3) is 0 Å². The van der Waals surface area contributed by atoms with Crippen molar-refractivity contribution >= 4 is 16.9 Å². The number of halogens is 1. The number of aliphatic carboxylic acids is 1. The van der Waals surface area contributed by atoms with Crippen molar-refractivity contribution in [1.29, 1.82) is 0 Å². The molecule has 1 heterocycles. The number of carboxylic acid groups (broad SMARTS) is 1. The molecular weight excluding hydrogens is 187 g/mol. The number of aromatic nitrogens is 2. The van der Waals surface area contributed by atoms with Gasteiger partial charge in [0.05, 0.1) is 18.1 Å². The van der Waals surface area contributed by atoms with E-state index in [1.807, 2.05) is 0 Å². The van der Waals surface area contributed by atoms with Gasteiger partial charge in [0.1, 0.15) is 5.82 Å². The molecule has 0 atom stereocenters. The van der Waals surface area contributed by atoms with Crippen LogP contribution < -0.4 is 0 Å². The topological polar surface area (TPSA) is 66.0 Å². The summed E-state index contributed by atoms with van der Waals surface area (Å²) in [5.41, 5.74) is 0.739. The average Bonchev–Trinajstić information content (AvgIpc) is 2.51. The second-order valence-corrected chi connectivity index (χ2v) is 2.97. The molecule has 0 aliphatic heterocycles. The van der Waals surface area contributed by atoms with E-state index in [1.165, 1.54) is 18.3 Å². The first-order chi connectivity index (χ1) is 6.66. The Kier molecular flexibility index (Phi) is 1.92. The number of nitrogens with zero attached hydrogens (tertiary/aromatic N) is 1. The third-order valence-electron chi connectivity index (χ3n) is 1.95. The van der Waals surface area contributed by atoms with Crippen LogP contribution in [0.1, 0.15) is 5.56 Å². The van der Waals surface area contributed by atoms with Crippen LogP contribution in [0.25, 0.3) is 10.9 Å². The fourth-order valence-electron chi connectivity index (χ4n) is 1.31. The standard InChI is InChI=1S/C9H7FN2O2/c10-7-3-8-6(4-11-12-8)1-5(7)2-9(13)14/h1,3-4H,2H2,(H,11,12)(H,13,14). The van der Waals surface area contributed by atoms with E-state index in [2.05, 4.69) is 10.2 Å². The molecule has 0 aliphatic rings. The van der Waals surface area contributed by atoms with E-state index in [0.717, 1.165) is 0 Å². The molecule has 0 saturated heterocycles. The summed E-state index contributed by atoms with van der Waals surface area (Å²) >= 11 is 0. The number of hydrogen-bond acceptors (Lipinski definition) is 2. The molecule has 0 bridgehead atoms. The van der Waals surface area contributed by atoms with Gasteiger partial charge in [-0.25, -0.2) is 4.39 Å². The maximum absolute atomic E-state index is 13.2. The summed E-state index contributed by atoms with van der Waals surface area (Å²) in [5.74, 6) is -1.57. The largest absolute Gasteiger partial charge is 0.481 e. The molecule has 72 valence electrons. The lowest BCUT2D eigenvalue weighted by molar-refractivity contribution is -0.136. The first kappa shape index (κ1) is 8.68. The molecule has 0 saturated carbocycles. The minimum atomic E-state index is -1.05. The van der Waals surface area contributed by atoms with Crippen molar-refractivity contribution in [3.63, 3.8) is 0 Å². The number of benzene rings is 1. The van der Waals surface area contributed by atoms with Crippen LogP contribution in [-0.2, 0) is 11.2 Å². The predicted octanol–water partition coefficient (Wildman–Crippen LogP) is 1.33. The van der Waals surface area contributed by atoms with Gasteiger partial charge in [-0.2, -0.15) is 5.10 Å². The third kappa shape index (κ3) is 1.44. The van der Waals surface area contributed by atoms with Gasteiger partial charge in [0, 0.05) is 5.39 Å². The molecule has 0 unspecified atom stereocenters. The van der Waals surface area contributed by atoms with E-state index in [0.29, 0.717) is 10.9 Å². The second-order valence-electron chi connectivity index (χ2n) is 2.97. The van der Waals surface area contributed by atoms with Gasteiger partial charge in [-0.1, -0.05) is 0 Å². The number of rotatable bonds is 2. The molecule has 2 aromatic rings. The van der Waals surface area contributed by atoms with Gasteiger partial charge in [-0.05, 0) is 17.7 Å². The molecule has 1 aromatic carbocycles. The van der Waals surface area contributed by atoms with Crippen molar-refractivity contribution in [2.75, 3.05) is 0 Å². The van der Waals surface area contributed by atoms with E-state index < -0.39 is 11.8 Å². The molecule has 1 aromatic heterocycles. The second kappa shape index (κ2) is 3.10. The van der Waals surface area contributed by atoms with Crippen LogP contribution in [0.3, 0.4) is 0 Å². The Morgan fingerprint density at radius 2 is 2.36 bits per heavy atom. The highest BCUT2D eigenvalue weighted by molar-refractivity contribution is 5.80. The van der Waals surface area contributed by atoms with Gasteiger partial charge in [-0.15, -0.1) is 0 Å². The van der Waals surface area contributed by atoms with Crippen LogP contribution in [-0.4, -0.2) is 21.3 Å². The Labute approximate surface area is 78.4 Å². The number of aromatic amines is 1. The van der Waals surface area contributed by atoms with Crippen LogP contribution in [0.4, 0.5) is 4.39 Å². The first-order valence-electron chi connectivity index (χ1n) is 4.00. The SMILES string of the molecule is O=C(O)Cc1cc2cn[nH]c2cc1F. The molecule has 14 heavy (non-hydrogen) atoms. The zero-order valence-corrected chi connectivity index (χ0v) is 7.12. The number of carbonyl (C=O) groups is 1.